The van der Waals surface area contributed by atoms with Crippen molar-refractivity contribution >= 4 is 0 Å². The lowest BCUT2D eigenvalue weighted by atomic mass is 9.95. The second-order valence-electron chi connectivity index (χ2n) is 5.95. The number of hydrogen-bond acceptors (Lipinski definition) is 3. The molecule has 3 unspecified atom stereocenters. The number of likely N-dealkylation sites (tertiary alicyclic amines) is 1. The number of benzene rings is 1. The molecular weight excluding hydrogens is 257 g/mol. The normalized spacial score (nSPS) is 25.6. The van der Waals surface area contributed by atoms with E-state index in [1.54, 1.807) is 19.1 Å². The molecule has 1 aliphatic heterocycles. The standard InChI is InChI=1S/C16H24FNO2/c1-11-3-4-13(9-14(11)17)15(19)6-8-18-7-5-12(2)16(20)10-18/h3-4,9,12,15-16,19-20H,5-8,10H2,1-2H3. The van der Waals surface area contributed by atoms with Crippen LogP contribution in [0.3, 0.4) is 0 Å². The predicted octanol–water partition coefficient (Wildman–Crippen LogP) is 2.26. The quantitative estimate of drug-likeness (QED) is 0.889. The van der Waals surface area contributed by atoms with Crippen molar-refractivity contribution in [1.29, 1.82) is 0 Å². The van der Waals surface area contributed by atoms with E-state index < -0.39 is 6.10 Å². The Bertz CT molecular complexity index is 452. The van der Waals surface area contributed by atoms with Gasteiger partial charge in [-0.3, -0.25) is 0 Å². The first-order valence-corrected chi connectivity index (χ1v) is 7.32. The Balaban J connectivity index is 1.85. The van der Waals surface area contributed by atoms with E-state index in [9.17, 15) is 14.6 Å². The molecule has 0 spiro atoms. The molecular formula is C16H24FNO2. The largest absolute Gasteiger partial charge is 0.392 e. The van der Waals surface area contributed by atoms with E-state index in [1.165, 1.54) is 6.07 Å². The van der Waals surface area contributed by atoms with Crippen molar-refractivity contribution in [3.8, 4) is 0 Å². The van der Waals surface area contributed by atoms with Crippen LogP contribution in [0.15, 0.2) is 18.2 Å². The third-order valence-corrected chi connectivity index (χ3v) is 4.30. The Labute approximate surface area is 120 Å². The summed E-state index contributed by atoms with van der Waals surface area (Å²) >= 11 is 0. The molecule has 0 bridgehead atoms. The molecule has 0 aliphatic carbocycles. The van der Waals surface area contributed by atoms with Gasteiger partial charge in [0.15, 0.2) is 0 Å². The molecule has 20 heavy (non-hydrogen) atoms. The zero-order valence-electron chi connectivity index (χ0n) is 12.2. The summed E-state index contributed by atoms with van der Waals surface area (Å²) in [5.41, 5.74) is 1.22. The smallest absolute Gasteiger partial charge is 0.126 e. The number of halogens is 1. The lowest BCUT2D eigenvalue weighted by molar-refractivity contribution is 0.0226. The van der Waals surface area contributed by atoms with Gasteiger partial charge in [-0.1, -0.05) is 19.1 Å². The first-order valence-electron chi connectivity index (χ1n) is 7.32. The first-order chi connectivity index (χ1) is 9.47. The molecule has 0 amide bonds. The summed E-state index contributed by atoms with van der Waals surface area (Å²) in [6.45, 7) is 6.11. The van der Waals surface area contributed by atoms with Crippen molar-refractivity contribution in [3.63, 3.8) is 0 Å². The number of aliphatic hydroxyl groups is 2. The van der Waals surface area contributed by atoms with Crippen LogP contribution in [-0.2, 0) is 0 Å². The molecule has 0 aromatic heterocycles. The van der Waals surface area contributed by atoms with E-state index >= 15 is 0 Å². The van der Waals surface area contributed by atoms with Crippen LogP contribution in [0.1, 0.15) is 37.0 Å². The Morgan fingerprint density at radius 1 is 1.45 bits per heavy atom. The van der Waals surface area contributed by atoms with Crippen LogP contribution >= 0.6 is 0 Å². The molecule has 112 valence electrons. The fourth-order valence-corrected chi connectivity index (χ4v) is 2.61. The van der Waals surface area contributed by atoms with Gasteiger partial charge in [-0.25, -0.2) is 4.39 Å². The zero-order valence-corrected chi connectivity index (χ0v) is 12.2. The molecule has 2 N–H and O–H groups in total. The highest BCUT2D eigenvalue weighted by Gasteiger charge is 2.24. The molecule has 1 saturated heterocycles. The molecule has 4 heteroatoms. The molecule has 0 radical (unpaired) electrons. The Kier molecular flexibility index (Phi) is 5.13. The second-order valence-corrected chi connectivity index (χ2v) is 5.95. The number of nitrogens with zero attached hydrogens (tertiary/aromatic N) is 1. The molecule has 0 saturated carbocycles. The van der Waals surface area contributed by atoms with Gasteiger partial charge in [0.1, 0.15) is 5.82 Å². The topological polar surface area (TPSA) is 43.7 Å². The summed E-state index contributed by atoms with van der Waals surface area (Å²) in [4.78, 5) is 2.17. The van der Waals surface area contributed by atoms with Gasteiger partial charge in [-0.05, 0) is 49.4 Å². The summed E-state index contributed by atoms with van der Waals surface area (Å²) in [6, 6.07) is 4.88. The lowest BCUT2D eigenvalue weighted by Gasteiger charge is -2.34. The minimum atomic E-state index is -0.651. The van der Waals surface area contributed by atoms with Crippen LogP contribution in [0.2, 0.25) is 0 Å². The number of aryl methyl sites for hydroxylation is 1. The number of hydrogen-bond donors (Lipinski definition) is 2. The van der Waals surface area contributed by atoms with Crippen molar-refractivity contribution < 1.29 is 14.6 Å². The summed E-state index contributed by atoms with van der Waals surface area (Å²) in [5, 5.41) is 20.0. The van der Waals surface area contributed by atoms with Crippen molar-refractivity contribution in [2.75, 3.05) is 19.6 Å². The fraction of sp³-hybridized carbons (Fsp3) is 0.625. The van der Waals surface area contributed by atoms with Gasteiger partial charge < -0.3 is 15.1 Å². The van der Waals surface area contributed by atoms with Crippen LogP contribution in [0.4, 0.5) is 4.39 Å². The fourth-order valence-electron chi connectivity index (χ4n) is 2.61. The van der Waals surface area contributed by atoms with E-state index in [2.05, 4.69) is 11.8 Å². The number of β-amino-alcohol motifs (C(OH)–C–C–N with tert-alkyl or cyclic N) is 1. The van der Waals surface area contributed by atoms with Crippen LogP contribution in [0.25, 0.3) is 0 Å². The average Bonchev–Trinajstić information content (AvgIpc) is 2.43. The molecule has 1 aliphatic rings. The van der Waals surface area contributed by atoms with Gasteiger partial charge in [-0.15, -0.1) is 0 Å². The molecule has 3 atom stereocenters. The van der Waals surface area contributed by atoms with Gasteiger partial charge in [-0.2, -0.15) is 0 Å². The number of aliphatic hydroxyl groups excluding tert-OH is 2. The highest BCUT2D eigenvalue weighted by molar-refractivity contribution is 5.24. The number of piperidine rings is 1. The SMILES string of the molecule is Cc1ccc(C(O)CCN2CCC(C)C(O)C2)cc1F. The summed E-state index contributed by atoms with van der Waals surface area (Å²) < 4.78 is 13.5. The van der Waals surface area contributed by atoms with Crippen molar-refractivity contribution in [1.82, 2.24) is 4.90 Å². The van der Waals surface area contributed by atoms with Gasteiger partial charge in [0.2, 0.25) is 0 Å². The summed E-state index contributed by atoms with van der Waals surface area (Å²) in [7, 11) is 0. The highest BCUT2D eigenvalue weighted by atomic mass is 19.1. The second kappa shape index (κ2) is 6.66. The maximum Gasteiger partial charge on any atom is 0.126 e. The molecule has 2 rings (SSSR count). The van der Waals surface area contributed by atoms with Crippen LogP contribution < -0.4 is 0 Å². The van der Waals surface area contributed by atoms with E-state index in [4.69, 9.17) is 0 Å². The van der Waals surface area contributed by atoms with Crippen LogP contribution in [0, 0.1) is 18.7 Å². The van der Waals surface area contributed by atoms with Crippen LogP contribution in [-0.4, -0.2) is 40.9 Å². The van der Waals surface area contributed by atoms with E-state index in [-0.39, 0.29) is 11.9 Å². The number of rotatable bonds is 4. The highest BCUT2D eigenvalue weighted by Crippen LogP contribution is 2.22. The summed E-state index contributed by atoms with van der Waals surface area (Å²) in [6.07, 6.45) is 0.610. The predicted molar refractivity (Wildman–Crippen MR) is 76.9 cm³/mol. The van der Waals surface area contributed by atoms with E-state index in [1.807, 2.05) is 0 Å². The van der Waals surface area contributed by atoms with Crippen molar-refractivity contribution in [3.05, 3.63) is 35.1 Å². The monoisotopic (exact) mass is 281 g/mol. The maximum absolute atomic E-state index is 13.5. The lowest BCUT2D eigenvalue weighted by Crippen LogP contribution is -2.43. The minimum Gasteiger partial charge on any atom is -0.392 e. The molecule has 1 heterocycles. The van der Waals surface area contributed by atoms with Crippen molar-refractivity contribution in [2.45, 2.75) is 38.9 Å². The van der Waals surface area contributed by atoms with Gasteiger partial charge in [0.25, 0.3) is 0 Å². The molecule has 1 aromatic rings. The van der Waals surface area contributed by atoms with Gasteiger partial charge in [0.05, 0.1) is 12.2 Å². The first kappa shape index (κ1) is 15.4. The zero-order chi connectivity index (χ0) is 14.7. The Morgan fingerprint density at radius 3 is 2.85 bits per heavy atom. The minimum absolute atomic E-state index is 0.274. The van der Waals surface area contributed by atoms with E-state index in [0.29, 0.717) is 30.0 Å². The average molecular weight is 281 g/mol. The summed E-state index contributed by atoms with van der Waals surface area (Å²) in [5.74, 6) is 0.0751. The third-order valence-electron chi connectivity index (χ3n) is 4.30. The van der Waals surface area contributed by atoms with Gasteiger partial charge >= 0.3 is 0 Å². The van der Waals surface area contributed by atoms with Crippen molar-refractivity contribution in [2.24, 2.45) is 5.92 Å². The molecule has 1 fully saturated rings. The third kappa shape index (κ3) is 3.78. The molecule has 1 aromatic carbocycles. The van der Waals surface area contributed by atoms with E-state index in [0.717, 1.165) is 19.5 Å². The maximum atomic E-state index is 13.5. The Morgan fingerprint density at radius 2 is 2.20 bits per heavy atom. The van der Waals surface area contributed by atoms with Gasteiger partial charge in [0, 0.05) is 13.1 Å². The Hall–Kier alpha value is -0.970. The molecule has 3 nitrogen and oxygen atoms in total. The van der Waals surface area contributed by atoms with Crippen LogP contribution in [0.5, 0.6) is 0 Å².